The van der Waals surface area contributed by atoms with Gasteiger partial charge in [0.25, 0.3) is 11.8 Å². The molecule has 1 aliphatic heterocycles. The predicted octanol–water partition coefficient (Wildman–Crippen LogP) is 3.17. The number of hydrogen-bond acceptors (Lipinski definition) is 4. The first-order chi connectivity index (χ1) is 13.5. The minimum Gasteiger partial charge on any atom is -0.489 e. The number of nitrogens with zero attached hydrogens (tertiary/aromatic N) is 2. The van der Waals surface area contributed by atoms with Crippen LogP contribution in [0.15, 0.2) is 36.9 Å². The van der Waals surface area contributed by atoms with Crippen molar-refractivity contribution in [2.75, 3.05) is 11.9 Å². The summed E-state index contributed by atoms with van der Waals surface area (Å²) in [6.45, 7) is 8.49. The Bertz CT molecular complexity index is 886. The normalized spacial score (nSPS) is 13.0. The molecule has 1 aromatic carbocycles. The largest absolute Gasteiger partial charge is 0.489 e. The van der Waals surface area contributed by atoms with Crippen molar-refractivity contribution in [2.24, 2.45) is 0 Å². The van der Waals surface area contributed by atoms with Gasteiger partial charge in [-0.2, -0.15) is 0 Å². The molecule has 0 spiro atoms. The van der Waals surface area contributed by atoms with Gasteiger partial charge in [-0.3, -0.25) is 9.59 Å². The standard InChI is InChI=1S/C21H26N4O3/c1-4-12-22-21(27)19-24-18(16-10-7-8-13-25(16)19)20(26)23-15-9-5-6-11-17(15)28-14(2)3/h4-6,9,11,14H,1,7-8,10,12-13H2,2-3H3,(H,22,27)(H,23,26). The number of para-hydroxylation sites is 2. The molecule has 2 amide bonds. The molecule has 2 aromatic rings. The maximum atomic E-state index is 13.0. The average Bonchev–Trinajstić information content (AvgIpc) is 3.07. The minimum atomic E-state index is -0.340. The van der Waals surface area contributed by atoms with Crippen molar-refractivity contribution in [1.29, 1.82) is 0 Å². The molecule has 7 nitrogen and oxygen atoms in total. The van der Waals surface area contributed by atoms with Crippen LogP contribution in [0, 0.1) is 0 Å². The number of benzene rings is 1. The van der Waals surface area contributed by atoms with Crippen molar-refractivity contribution in [2.45, 2.75) is 45.8 Å². The zero-order chi connectivity index (χ0) is 20.1. The van der Waals surface area contributed by atoms with E-state index in [0.29, 0.717) is 36.6 Å². The number of amides is 2. The molecule has 0 aliphatic carbocycles. The Morgan fingerprint density at radius 3 is 2.82 bits per heavy atom. The van der Waals surface area contributed by atoms with Gasteiger partial charge in [-0.1, -0.05) is 18.2 Å². The fraction of sp³-hybridized carbons (Fsp3) is 0.381. The molecule has 0 unspecified atom stereocenters. The van der Waals surface area contributed by atoms with Gasteiger partial charge in [0.05, 0.1) is 17.5 Å². The van der Waals surface area contributed by atoms with E-state index < -0.39 is 0 Å². The Hall–Kier alpha value is -3.09. The van der Waals surface area contributed by atoms with Crippen molar-refractivity contribution in [3.05, 3.63) is 54.1 Å². The van der Waals surface area contributed by atoms with Crippen LogP contribution in [-0.4, -0.2) is 34.0 Å². The highest BCUT2D eigenvalue weighted by atomic mass is 16.5. The maximum Gasteiger partial charge on any atom is 0.287 e. The molecule has 1 aromatic heterocycles. The minimum absolute atomic E-state index is 0.0152. The maximum absolute atomic E-state index is 13.0. The topological polar surface area (TPSA) is 85.2 Å². The second-order valence-corrected chi connectivity index (χ2v) is 6.96. The third-order valence-corrected chi connectivity index (χ3v) is 4.44. The molecule has 0 atom stereocenters. The van der Waals surface area contributed by atoms with E-state index in [1.54, 1.807) is 12.1 Å². The monoisotopic (exact) mass is 382 g/mol. The van der Waals surface area contributed by atoms with Crippen LogP contribution < -0.4 is 15.4 Å². The molecule has 7 heteroatoms. The van der Waals surface area contributed by atoms with E-state index in [9.17, 15) is 9.59 Å². The molecule has 0 fully saturated rings. The molecule has 0 radical (unpaired) electrons. The summed E-state index contributed by atoms with van der Waals surface area (Å²) in [6, 6.07) is 7.29. The number of aromatic nitrogens is 2. The highest BCUT2D eigenvalue weighted by Crippen LogP contribution is 2.27. The van der Waals surface area contributed by atoms with E-state index in [0.717, 1.165) is 18.5 Å². The van der Waals surface area contributed by atoms with E-state index in [2.05, 4.69) is 22.2 Å². The number of imidazole rings is 1. The Morgan fingerprint density at radius 1 is 1.29 bits per heavy atom. The summed E-state index contributed by atoms with van der Waals surface area (Å²) in [5.74, 6) is 0.232. The van der Waals surface area contributed by atoms with Crippen LogP contribution in [0.3, 0.4) is 0 Å². The smallest absolute Gasteiger partial charge is 0.287 e. The summed E-state index contributed by atoms with van der Waals surface area (Å²) >= 11 is 0. The fourth-order valence-corrected chi connectivity index (χ4v) is 3.25. The number of rotatable bonds is 7. The quantitative estimate of drug-likeness (QED) is 0.720. The first kappa shape index (κ1) is 19.7. The second kappa shape index (κ2) is 8.73. The van der Waals surface area contributed by atoms with E-state index >= 15 is 0 Å². The van der Waals surface area contributed by atoms with Gasteiger partial charge in [-0.25, -0.2) is 4.98 Å². The molecule has 3 rings (SSSR count). The lowest BCUT2D eigenvalue weighted by Crippen LogP contribution is -2.28. The Balaban J connectivity index is 1.89. The van der Waals surface area contributed by atoms with Gasteiger partial charge < -0.3 is 19.9 Å². The predicted molar refractivity (Wildman–Crippen MR) is 108 cm³/mol. The van der Waals surface area contributed by atoms with Crippen molar-refractivity contribution in [3.8, 4) is 5.75 Å². The number of ether oxygens (including phenoxy) is 1. The van der Waals surface area contributed by atoms with Gasteiger partial charge in [0.2, 0.25) is 0 Å². The molecule has 28 heavy (non-hydrogen) atoms. The van der Waals surface area contributed by atoms with Gasteiger partial charge in [-0.05, 0) is 45.2 Å². The number of anilines is 1. The number of fused-ring (bicyclic) bond motifs is 1. The van der Waals surface area contributed by atoms with Gasteiger partial charge in [0.1, 0.15) is 5.75 Å². The molecule has 1 aliphatic rings. The molecular formula is C21H26N4O3. The highest BCUT2D eigenvalue weighted by molar-refractivity contribution is 6.05. The van der Waals surface area contributed by atoms with Gasteiger partial charge in [-0.15, -0.1) is 6.58 Å². The summed E-state index contributed by atoms with van der Waals surface area (Å²) in [4.78, 5) is 29.8. The molecule has 0 saturated carbocycles. The molecule has 0 bridgehead atoms. The third-order valence-electron chi connectivity index (χ3n) is 4.44. The molecule has 0 saturated heterocycles. The second-order valence-electron chi connectivity index (χ2n) is 6.96. The molecule has 2 heterocycles. The summed E-state index contributed by atoms with van der Waals surface area (Å²) in [6.07, 6.45) is 4.23. The van der Waals surface area contributed by atoms with Gasteiger partial charge >= 0.3 is 0 Å². The first-order valence-electron chi connectivity index (χ1n) is 9.56. The van der Waals surface area contributed by atoms with Crippen LogP contribution in [0.4, 0.5) is 5.69 Å². The zero-order valence-corrected chi connectivity index (χ0v) is 16.3. The zero-order valence-electron chi connectivity index (χ0n) is 16.3. The Labute approximate surface area is 164 Å². The third kappa shape index (κ3) is 4.24. The highest BCUT2D eigenvalue weighted by Gasteiger charge is 2.27. The van der Waals surface area contributed by atoms with Crippen molar-refractivity contribution in [1.82, 2.24) is 14.9 Å². The van der Waals surface area contributed by atoms with E-state index in [4.69, 9.17) is 4.74 Å². The van der Waals surface area contributed by atoms with Gasteiger partial charge in [0.15, 0.2) is 11.5 Å². The van der Waals surface area contributed by atoms with E-state index in [-0.39, 0.29) is 23.7 Å². The van der Waals surface area contributed by atoms with Crippen molar-refractivity contribution in [3.63, 3.8) is 0 Å². The number of carbonyl (C=O) groups is 2. The lowest BCUT2D eigenvalue weighted by molar-refractivity contribution is 0.0942. The van der Waals surface area contributed by atoms with Gasteiger partial charge in [0, 0.05) is 13.1 Å². The molecule has 148 valence electrons. The van der Waals surface area contributed by atoms with Crippen LogP contribution in [0.2, 0.25) is 0 Å². The SMILES string of the molecule is C=CCNC(=O)c1nc(C(=O)Nc2ccccc2OC(C)C)c2n1CCCC2. The molecular weight excluding hydrogens is 356 g/mol. The summed E-state index contributed by atoms with van der Waals surface area (Å²) in [7, 11) is 0. The average molecular weight is 382 g/mol. The lowest BCUT2D eigenvalue weighted by Gasteiger charge is -2.17. The number of nitrogens with one attached hydrogen (secondary N) is 2. The number of carbonyl (C=O) groups excluding carboxylic acids is 2. The summed E-state index contributed by atoms with van der Waals surface area (Å²) in [5.41, 5.74) is 1.67. The fourth-order valence-electron chi connectivity index (χ4n) is 3.25. The van der Waals surface area contributed by atoms with Crippen LogP contribution >= 0.6 is 0 Å². The summed E-state index contributed by atoms with van der Waals surface area (Å²) in [5, 5.41) is 5.63. The Kier molecular flexibility index (Phi) is 6.13. The van der Waals surface area contributed by atoms with Crippen LogP contribution in [0.25, 0.3) is 0 Å². The van der Waals surface area contributed by atoms with Crippen LogP contribution in [-0.2, 0) is 13.0 Å². The molecule has 2 N–H and O–H groups in total. The van der Waals surface area contributed by atoms with Crippen molar-refractivity contribution < 1.29 is 14.3 Å². The van der Waals surface area contributed by atoms with Crippen LogP contribution in [0.5, 0.6) is 5.75 Å². The van der Waals surface area contributed by atoms with E-state index in [1.165, 1.54) is 0 Å². The van der Waals surface area contributed by atoms with Crippen LogP contribution in [0.1, 0.15) is 53.5 Å². The number of hydrogen-bond donors (Lipinski definition) is 2. The lowest BCUT2D eigenvalue weighted by atomic mass is 10.1. The van der Waals surface area contributed by atoms with Crippen molar-refractivity contribution >= 4 is 17.5 Å². The van der Waals surface area contributed by atoms with E-state index in [1.807, 2.05) is 36.6 Å². The Morgan fingerprint density at radius 2 is 2.07 bits per heavy atom. The summed E-state index contributed by atoms with van der Waals surface area (Å²) < 4.78 is 7.62. The first-order valence-corrected chi connectivity index (χ1v) is 9.56.